The molecule has 2 heterocycles. The highest BCUT2D eigenvalue weighted by atomic mass is 32.1. The number of fused-ring (bicyclic) bond motifs is 1. The largest absolute Gasteiger partial charge is 0.292 e. The van der Waals surface area contributed by atoms with Crippen molar-refractivity contribution in [2.45, 2.75) is 33.2 Å². The minimum Gasteiger partial charge on any atom is -0.292 e. The fourth-order valence-electron chi connectivity index (χ4n) is 2.44. The smallest absolute Gasteiger partial charge is 0.264 e. The molecule has 2 aromatic heterocycles. The summed E-state index contributed by atoms with van der Waals surface area (Å²) in [5.74, 6) is 1.36. The number of nitrogens with zero attached hydrogens (tertiary/aromatic N) is 3. The molecule has 0 amide bonds. The second-order valence-corrected chi connectivity index (χ2v) is 6.45. The molecule has 0 saturated carbocycles. The molecular formula is C17H19N3OS. The summed E-state index contributed by atoms with van der Waals surface area (Å²) >= 11 is 1.29. The zero-order valence-corrected chi connectivity index (χ0v) is 13.6. The van der Waals surface area contributed by atoms with Gasteiger partial charge in [-0.25, -0.2) is 4.98 Å². The normalized spacial score (nSPS) is 12.6. The summed E-state index contributed by atoms with van der Waals surface area (Å²) in [7, 11) is 0. The summed E-state index contributed by atoms with van der Waals surface area (Å²) in [6, 6.07) is 10.0. The highest BCUT2D eigenvalue weighted by molar-refractivity contribution is 7.12. The molecule has 0 fully saturated rings. The Balaban J connectivity index is 2.10. The Kier molecular flexibility index (Phi) is 4.34. The molecule has 3 rings (SSSR count). The van der Waals surface area contributed by atoms with Crippen molar-refractivity contribution in [1.29, 1.82) is 0 Å². The lowest BCUT2D eigenvalue weighted by molar-refractivity contribution is 0.519. The minimum absolute atomic E-state index is 0.0147. The number of benzene rings is 1. The third-order valence-electron chi connectivity index (χ3n) is 3.98. The van der Waals surface area contributed by atoms with E-state index in [2.05, 4.69) is 18.2 Å². The molecule has 5 heteroatoms. The lowest BCUT2D eigenvalue weighted by Gasteiger charge is -2.15. The highest BCUT2D eigenvalue weighted by Gasteiger charge is 2.14. The van der Waals surface area contributed by atoms with E-state index in [1.54, 1.807) is 10.8 Å². The van der Waals surface area contributed by atoms with Gasteiger partial charge in [0.1, 0.15) is 5.82 Å². The van der Waals surface area contributed by atoms with Crippen molar-refractivity contribution < 1.29 is 0 Å². The second-order valence-electron chi connectivity index (χ2n) is 5.67. The quantitative estimate of drug-likeness (QED) is 0.724. The van der Waals surface area contributed by atoms with Crippen LogP contribution >= 0.6 is 11.5 Å². The third kappa shape index (κ3) is 2.95. The summed E-state index contributed by atoms with van der Waals surface area (Å²) in [5, 5.41) is 0.619. The molecule has 0 aliphatic rings. The lowest BCUT2D eigenvalue weighted by atomic mass is 10.0. The van der Waals surface area contributed by atoms with Crippen LogP contribution < -0.4 is 5.56 Å². The first-order chi connectivity index (χ1) is 10.7. The summed E-state index contributed by atoms with van der Waals surface area (Å²) in [6.45, 7) is 4.91. The van der Waals surface area contributed by atoms with Crippen LogP contribution in [0.1, 0.15) is 31.7 Å². The predicted molar refractivity (Wildman–Crippen MR) is 90.4 cm³/mol. The molecule has 114 valence electrons. The molecule has 1 atom stereocenters. The first-order valence-corrected chi connectivity index (χ1v) is 8.34. The number of rotatable bonds is 5. The van der Waals surface area contributed by atoms with Gasteiger partial charge in [0, 0.05) is 6.42 Å². The molecule has 0 radical (unpaired) electrons. The second kappa shape index (κ2) is 6.40. The Morgan fingerprint density at radius 1 is 1.27 bits per heavy atom. The molecule has 22 heavy (non-hydrogen) atoms. The summed E-state index contributed by atoms with van der Waals surface area (Å²) < 4.78 is 5.92. The third-order valence-corrected chi connectivity index (χ3v) is 4.68. The molecule has 0 saturated heterocycles. The summed E-state index contributed by atoms with van der Waals surface area (Å²) in [6.07, 6.45) is 3.51. The van der Waals surface area contributed by atoms with Gasteiger partial charge < -0.3 is 0 Å². The van der Waals surface area contributed by atoms with Crippen molar-refractivity contribution >= 4 is 21.7 Å². The monoisotopic (exact) mass is 313 g/mol. The van der Waals surface area contributed by atoms with Crippen LogP contribution in [-0.2, 0) is 13.0 Å². The maximum atomic E-state index is 12.8. The van der Waals surface area contributed by atoms with Gasteiger partial charge in [-0.1, -0.05) is 50.6 Å². The molecule has 0 aliphatic heterocycles. The van der Waals surface area contributed by atoms with Crippen LogP contribution in [0, 0.1) is 5.92 Å². The van der Waals surface area contributed by atoms with E-state index >= 15 is 0 Å². The molecular weight excluding hydrogens is 294 g/mol. The first-order valence-electron chi connectivity index (χ1n) is 7.57. The van der Waals surface area contributed by atoms with Crippen molar-refractivity contribution in [2.24, 2.45) is 5.92 Å². The van der Waals surface area contributed by atoms with Crippen molar-refractivity contribution in [2.75, 3.05) is 0 Å². The van der Waals surface area contributed by atoms with Crippen molar-refractivity contribution in [3.8, 4) is 0 Å². The van der Waals surface area contributed by atoms with Gasteiger partial charge in [0.15, 0.2) is 4.83 Å². The Labute approximate surface area is 133 Å². The summed E-state index contributed by atoms with van der Waals surface area (Å²) in [5.41, 5.74) is 1.13. The zero-order chi connectivity index (χ0) is 15.5. The van der Waals surface area contributed by atoms with Crippen molar-refractivity contribution in [3.63, 3.8) is 0 Å². The minimum atomic E-state index is 0.0147. The van der Waals surface area contributed by atoms with Crippen LogP contribution in [0.5, 0.6) is 0 Å². The Hall–Kier alpha value is -2.01. The van der Waals surface area contributed by atoms with E-state index in [9.17, 15) is 4.79 Å². The molecule has 4 nitrogen and oxygen atoms in total. The van der Waals surface area contributed by atoms with E-state index in [0.717, 1.165) is 29.1 Å². The maximum absolute atomic E-state index is 12.8. The fourth-order valence-corrected chi connectivity index (χ4v) is 3.08. The van der Waals surface area contributed by atoms with Gasteiger partial charge in [-0.15, -0.1) is 0 Å². The van der Waals surface area contributed by atoms with Gasteiger partial charge in [0.25, 0.3) is 5.56 Å². The van der Waals surface area contributed by atoms with E-state index in [0.29, 0.717) is 17.8 Å². The molecule has 3 aromatic rings. The number of hydrogen-bond donors (Lipinski definition) is 0. The molecule has 1 unspecified atom stereocenters. The molecule has 1 aromatic carbocycles. The van der Waals surface area contributed by atoms with Gasteiger partial charge in [-0.3, -0.25) is 9.36 Å². The molecule has 0 bridgehead atoms. The topological polar surface area (TPSA) is 47.8 Å². The van der Waals surface area contributed by atoms with E-state index < -0.39 is 0 Å². The Bertz CT molecular complexity index is 823. The average Bonchev–Trinajstić information content (AvgIpc) is 3.00. The molecule has 0 aliphatic carbocycles. The Morgan fingerprint density at radius 2 is 2.05 bits per heavy atom. The van der Waals surface area contributed by atoms with Crippen molar-refractivity contribution in [1.82, 2.24) is 13.9 Å². The van der Waals surface area contributed by atoms with Crippen molar-refractivity contribution in [3.05, 3.63) is 58.3 Å². The SMILES string of the molecule is CCC(C)Cc1nc2sncc2c(=O)n1Cc1ccccc1. The van der Waals surface area contributed by atoms with Gasteiger partial charge in [-0.2, -0.15) is 4.37 Å². The average molecular weight is 313 g/mol. The van der Waals surface area contributed by atoms with Crippen LogP contribution in [0.4, 0.5) is 0 Å². The van der Waals surface area contributed by atoms with Crippen LogP contribution in [0.15, 0.2) is 41.3 Å². The van der Waals surface area contributed by atoms with E-state index in [-0.39, 0.29) is 5.56 Å². The van der Waals surface area contributed by atoms with E-state index in [1.165, 1.54) is 11.5 Å². The molecule has 0 spiro atoms. The van der Waals surface area contributed by atoms with Gasteiger partial charge >= 0.3 is 0 Å². The highest BCUT2D eigenvalue weighted by Crippen LogP contribution is 2.16. The van der Waals surface area contributed by atoms with E-state index in [4.69, 9.17) is 4.98 Å². The van der Waals surface area contributed by atoms with Crippen LogP contribution in [0.3, 0.4) is 0 Å². The van der Waals surface area contributed by atoms with Gasteiger partial charge in [-0.05, 0) is 23.0 Å². The van der Waals surface area contributed by atoms with Gasteiger partial charge in [0.05, 0.1) is 18.1 Å². The van der Waals surface area contributed by atoms with Crippen LogP contribution in [-0.4, -0.2) is 13.9 Å². The van der Waals surface area contributed by atoms with Gasteiger partial charge in [0.2, 0.25) is 0 Å². The predicted octanol–water partition coefficient (Wildman–Crippen LogP) is 3.49. The fraction of sp³-hybridized carbons (Fsp3) is 0.353. The van der Waals surface area contributed by atoms with Crippen LogP contribution in [0.25, 0.3) is 10.2 Å². The first kappa shape index (κ1) is 14.9. The molecule has 0 N–H and O–H groups in total. The zero-order valence-electron chi connectivity index (χ0n) is 12.8. The summed E-state index contributed by atoms with van der Waals surface area (Å²) in [4.78, 5) is 18.2. The Morgan fingerprint density at radius 3 is 2.77 bits per heavy atom. The standard InChI is InChI=1S/C17H19N3OS/c1-3-12(2)9-15-19-16-14(10-18-22-16)17(21)20(15)11-13-7-5-4-6-8-13/h4-8,10,12H,3,9,11H2,1-2H3. The van der Waals surface area contributed by atoms with Crippen LogP contribution in [0.2, 0.25) is 0 Å². The number of hydrogen-bond acceptors (Lipinski definition) is 4. The number of aromatic nitrogens is 3. The lowest BCUT2D eigenvalue weighted by Crippen LogP contribution is -2.26. The van der Waals surface area contributed by atoms with E-state index in [1.807, 2.05) is 30.3 Å². The maximum Gasteiger partial charge on any atom is 0.264 e.